The maximum atomic E-state index is 4.77. The minimum Gasteiger partial charge on any atom is -0.316 e. The summed E-state index contributed by atoms with van der Waals surface area (Å²) >= 11 is 1.85. The first-order chi connectivity index (χ1) is 9.42. The molecule has 1 atom stereocenters. The molecule has 0 spiro atoms. The molecule has 4 heteroatoms. The standard InChI is InChI=1S/C15H13N3S/c1-2-4-14-11(3-1)9-13-10-19-15(18(13)14)17-12-5-7-16-8-6-12/h1-8,13H,9-10H2/t13-/m0/s1. The fourth-order valence-corrected chi connectivity index (χ4v) is 3.87. The van der Waals surface area contributed by atoms with Crippen molar-refractivity contribution in [2.45, 2.75) is 12.5 Å². The number of nitrogens with zero attached hydrogens (tertiary/aromatic N) is 3. The lowest BCUT2D eigenvalue weighted by Crippen LogP contribution is -2.29. The number of pyridine rings is 1. The molecule has 2 aliphatic rings. The number of hydrogen-bond acceptors (Lipinski definition) is 3. The third-order valence-corrected chi connectivity index (χ3v) is 4.67. The Hall–Kier alpha value is -1.81. The van der Waals surface area contributed by atoms with Gasteiger partial charge in [-0.2, -0.15) is 0 Å². The predicted molar refractivity (Wildman–Crippen MR) is 80.2 cm³/mol. The van der Waals surface area contributed by atoms with Crippen molar-refractivity contribution in [3.8, 4) is 0 Å². The molecule has 1 aromatic heterocycles. The lowest BCUT2D eigenvalue weighted by Gasteiger charge is -2.18. The van der Waals surface area contributed by atoms with Gasteiger partial charge in [0, 0.05) is 29.9 Å². The number of thioether (sulfide) groups is 1. The minimum atomic E-state index is 0.572. The molecular weight excluding hydrogens is 254 g/mol. The Kier molecular flexibility index (Phi) is 2.55. The smallest absolute Gasteiger partial charge is 0.169 e. The highest BCUT2D eigenvalue weighted by molar-refractivity contribution is 8.14. The van der Waals surface area contributed by atoms with Gasteiger partial charge in [0.2, 0.25) is 0 Å². The number of rotatable bonds is 1. The van der Waals surface area contributed by atoms with Crippen LogP contribution in [0.25, 0.3) is 0 Å². The molecule has 0 radical (unpaired) electrons. The second kappa shape index (κ2) is 4.38. The van der Waals surface area contributed by atoms with Crippen molar-refractivity contribution in [2.75, 3.05) is 10.7 Å². The fourth-order valence-electron chi connectivity index (χ4n) is 2.71. The van der Waals surface area contributed by atoms with Crippen molar-refractivity contribution >= 4 is 28.3 Å². The zero-order chi connectivity index (χ0) is 12.7. The van der Waals surface area contributed by atoms with E-state index in [-0.39, 0.29) is 0 Å². The summed E-state index contributed by atoms with van der Waals surface area (Å²) in [6.45, 7) is 0. The van der Waals surface area contributed by atoms with Gasteiger partial charge in [0.15, 0.2) is 5.17 Å². The summed E-state index contributed by atoms with van der Waals surface area (Å²) in [5, 5.41) is 1.11. The number of hydrogen-bond donors (Lipinski definition) is 0. The summed E-state index contributed by atoms with van der Waals surface area (Å²) in [7, 11) is 0. The van der Waals surface area contributed by atoms with Gasteiger partial charge in [0.1, 0.15) is 0 Å². The Balaban J connectivity index is 1.75. The fraction of sp³-hybridized carbons (Fsp3) is 0.200. The van der Waals surface area contributed by atoms with E-state index >= 15 is 0 Å². The van der Waals surface area contributed by atoms with Crippen LogP contribution in [0.15, 0.2) is 53.8 Å². The highest BCUT2D eigenvalue weighted by atomic mass is 32.2. The van der Waals surface area contributed by atoms with Gasteiger partial charge in [-0.3, -0.25) is 4.98 Å². The minimum absolute atomic E-state index is 0.572. The molecule has 1 fully saturated rings. The van der Waals surface area contributed by atoms with E-state index in [1.54, 1.807) is 12.4 Å². The van der Waals surface area contributed by atoms with Crippen LogP contribution < -0.4 is 4.90 Å². The van der Waals surface area contributed by atoms with Crippen LogP contribution in [-0.4, -0.2) is 21.9 Å². The van der Waals surface area contributed by atoms with E-state index < -0.39 is 0 Å². The first kappa shape index (κ1) is 11.1. The lowest BCUT2D eigenvalue weighted by atomic mass is 10.1. The third-order valence-electron chi connectivity index (χ3n) is 3.57. The average molecular weight is 267 g/mol. The molecular formula is C15H13N3S. The second-order valence-electron chi connectivity index (χ2n) is 4.77. The van der Waals surface area contributed by atoms with Gasteiger partial charge in [0.25, 0.3) is 0 Å². The Morgan fingerprint density at radius 2 is 2.00 bits per heavy atom. The van der Waals surface area contributed by atoms with Crippen molar-refractivity contribution in [3.05, 3.63) is 54.4 Å². The zero-order valence-corrected chi connectivity index (χ0v) is 11.2. The van der Waals surface area contributed by atoms with Gasteiger partial charge in [-0.05, 0) is 30.2 Å². The van der Waals surface area contributed by atoms with Gasteiger partial charge >= 0.3 is 0 Å². The van der Waals surface area contributed by atoms with Gasteiger partial charge in [-0.1, -0.05) is 30.0 Å². The van der Waals surface area contributed by atoms with Crippen molar-refractivity contribution in [2.24, 2.45) is 4.99 Å². The van der Waals surface area contributed by atoms with Gasteiger partial charge in [0.05, 0.1) is 5.69 Å². The largest absolute Gasteiger partial charge is 0.316 e. The number of benzene rings is 1. The molecule has 1 aromatic carbocycles. The molecule has 0 aliphatic carbocycles. The molecule has 0 amide bonds. The Bertz CT molecular complexity index is 639. The van der Waals surface area contributed by atoms with Crippen LogP contribution in [0.5, 0.6) is 0 Å². The van der Waals surface area contributed by atoms with E-state index in [2.05, 4.69) is 34.1 Å². The van der Waals surface area contributed by atoms with Crippen molar-refractivity contribution in [1.82, 2.24) is 4.98 Å². The first-order valence-electron chi connectivity index (χ1n) is 6.40. The molecule has 0 bridgehead atoms. The number of fused-ring (bicyclic) bond motifs is 3. The third kappa shape index (κ3) is 1.83. The maximum Gasteiger partial charge on any atom is 0.169 e. The van der Waals surface area contributed by atoms with E-state index in [0.717, 1.165) is 23.0 Å². The Morgan fingerprint density at radius 1 is 1.16 bits per heavy atom. The molecule has 4 rings (SSSR count). The van der Waals surface area contributed by atoms with E-state index in [1.165, 1.54) is 11.3 Å². The van der Waals surface area contributed by atoms with Crippen LogP contribution in [0.3, 0.4) is 0 Å². The molecule has 1 saturated heterocycles. The molecule has 2 aromatic rings. The quantitative estimate of drug-likeness (QED) is 0.794. The molecule has 19 heavy (non-hydrogen) atoms. The number of aliphatic imine (C=N–C) groups is 1. The van der Waals surface area contributed by atoms with E-state index in [0.29, 0.717) is 6.04 Å². The maximum absolute atomic E-state index is 4.77. The van der Waals surface area contributed by atoms with Crippen LogP contribution in [0.2, 0.25) is 0 Å². The molecule has 0 N–H and O–H groups in total. The van der Waals surface area contributed by atoms with E-state index in [1.807, 2.05) is 23.9 Å². The first-order valence-corrected chi connectivity index (χ1v) is 7.39. The van der Waals surface area contributed by atoms with Crippen LogP contribution in [0, 0.1) is 0 Å². The second-order valence-corrected chi connectivity index (χ2v) is 5.75. The lowest BCUT2D eigenvalue weighted by molar-refractivity contribution is 0.801. The summed E-state index contributed by atoms with van der Waals surface area (Å²) in [6, 6.07) is 13.1. The van der Waals surface area contributed by atoms with Crippen LogP contribution in [-0.2, 0) is 6.42 Å². The monoisotopic (exact) mass is 267 g/mol. The number of aromatic nitrogens is 1. The molecule has 3 nitrogen and oxygen atoms in total. The van der Waals surface area contributed by atoms with Crippen LogP contribution in [0.1, 0.15) is 5.56 Å². The summed E-state index contributed by atoms with van der Waals surface area (Å²) in [6.07, 6.45) is 4.71. The Morgan fingerprint density at radius 3 is 2.89 bits per heavy atom. The molecule has 2 aliphatic heterocycles. The van der Waals surface area contributed by atoms with Gasteiger partial charge < -0.3 is 4.90 Å². The topological polar surface area (TPSA) is 28.5 Å². The Labute approximate surface area is 116 Å². The predicted octanol–water partition coefficient (Wildman–Crippen LogP) is 3.25. The van der Waals surface area contributed by atoms with E-state index in [4.69, 9.17) is 4.99 Å². The number of para-hydroxylation sites is 1. The molecule has 0 saturated carbocycles. The zero-order valence-electron chi connectivity index (χ0n) is 10.4. The summed E-state index contributed by atoms with van der Waals surface area (Å²) in [4.78, 5) is 11.2. The summed E-state index contributed by atoms with van der Waals surface area (Å²) in [5.41, 5.74) is 3.74. The van der Waals surface area contributed by atoms with Crippen LogP contribution >= 0.6 is 11.8 Å². The van der Waals surface area contributed by atoms with Crippen molar-refractivity contribution in [1.29, 1.82) is 0 Å². The van der Waals surface area contributed by atoms with Crippen LogP contribution in [0.4, 0.5) is 11.4 Å². The number of anilines is 1. The number of amidine groups is 1. The summed E-state index contributed by atoms with van der Waals surface area (Å²) < 4.78 is 0. The summed E-state index contributed by atoms with van der Waals surface area (Å²) in [5.74, 6) is 1.12. The van der Waals surface area contributed by atoms with Crippen molar-refractivity contribution in [3.63, 3.8) is 0 Å². The molecule has 3 heterocycles. The highest BCUT2D eigenvalue weighted by Gasteiger charge is 2.37. The van der Waals surface area contributed by atoms with Gasteiger partial charge in [-0.25, -0.2) is 4.99 Å². The normalized spacial score (nSPS) is 22.6. The molecule has 94 valence electrons. The average Bonchev–Trinajstić information content (AvgIpc) is 3.00. The molecule has 0 unspecified atom stereocenters. The SMILES string of the molecule is c1ccc2c(c1)C[C@H]1CSC(=Nc3ccncc3)N21. The van der Waals surface area contributed by atoms with Crippen molar-refractivity contribution < 1.29 is 0 Å². The highest BCUT2D eigenvalue weighted by Crippen LogP contribution is 2.40. The van der Waals surface area contributed by atoms with Gasteiger partial charge in [-0.15, -0.1) is 0 Å². The van der Waals surface area contributed by atoms with E-state index in [9.17, 15) is 0 Å².